The minimum absolute atomic E-state index is 0.00762. The van der Waals surface area contributed by atoms with Crippen LogP contribution in [0.1, 0.15) is 12.0 Å². The van der Waals surface area contributed by atoms with Gasteiger partial charge in [0.15, 0.2) is 0 Å². The fourth-order valence-electron chi connectivity index (χ4n) is 1.30. The molecule has 1 unspecified atom stereocenters. The van der Waals surface area contributed by atoms with Crippen molar-refractivity contribution in [3.05, 3.63) is 35.9 Å². The van der Waals surface area contributed by atoms with E-state index in [9.17, 15) is 14.4 Å². The topological polar surface area (TPSA) is 113 Å². The molecule has 106 valence electrons. The molecule has 2 N–H and O–H groups in total. The highest BCUT2D eigenvalue weighted by Gasteiger charge is 2.19. The van der Waals surface area contributed by atoms with E-state index in [1.165, 1.54) is 0 Å². The number of hydrogen-bond acceptors (Lipinski definition) is 4. The van der Waals surface area contributed by atoms with E-state index in [1.54, 1.807) is 24.3 Å². The summed E-state index contributed by atoms with van der Waals surface area (Å²) in [6, 6.07) is 8.87. The number of carbonyl (C=O) groups is 3. The van der Waals surface area contributed by atoms with Crippen LogP contribution in [0.4, 0.5) is 4.79 Å². The van der Waals surface area contributed by atoms with E-state index in [0.717, 1.165) is 11.8 Å². The Balaban J connectivity index is 2.49. The van der Waals surface area contributed by atoms with E-state index in [1.807, 2.05) is 6.07 Å². The Kier molecular flexibility index (Phi) is 5.89. The maximum absolute atomic E-state index is 11.3. The summed E-state index contributed by atoms with van der Waals surface area (Å²) < 4.78 is 4.79. The van der Waals surface area contributed by atoms with Crippen LogP contribution in [-0.2, 0) is 20.9 Å². The molecule has 0 aliphatic heterocycles. The molecular weight excluding hydrogens is 266 g/mol. The average molecular weight is 279 g/mol. The maximum atomic E-state index is 11.3. The molecule has 1 aromatic carbocycles. The van der Waals surface area contributed by atoms with Gasteiger partial charge in [0.2, 0.25) is 0 Å². The summed E-state index contributed by atoms with van der Waals surface area (Å²) in [6.45, 7) is 0.00762. The summed E-state index contributed by atoms with van der Waals surface area (Å²) in [5.74, 6) is -4.02. The normalized spacial score (nSPS) is 12.0. The highest BCUT2D eigenvalue weighted by atomic mass is 16.5. The Labute approximate surface area is 114 Å². The molecule has 7 nitrogen and oxygen atoms in total. The molecule has 1 aromatic rings. The minimum Gasteiger partial charge on any atom is -0.481 e. The Morgan fingerprint density at radius 1 is 1.20 bits per heavy atom. The van der Waals surface area contributed by atoms with Crippen molar-refractivity contribution in [2.75, 3.05) is 0 Å². The fraction of sp³-hybridized carbons (Fsp3) is 0.231. The first kappa shape index (κ1) is 15.4. The van der Waals surface area contributed by atoms with Crippen molar-refractivity contribution in [3.8, 4) is 0 Å². The van der Waals surface area contributed by atoms with Crippen molar-refractivity contribution >= 4 is 24.2 Å². The molecule has 0 aliphatic carbocycles. The van der Waals surface area contributed by atoms with Gasteiger partial charge in [0.25, 0.3) is 0 Å². The number of aliphatic imine (C=N–C) groups is 1. The average Bonchev–Trinajstić information content (AvgIpc) is 2.41. The predicted molar refractivity (Wildman–Crippen MR) is 68.5 cm³/mol. The van der Waals surface area contributed by atoms with E-state index in [0.29, 0.717) is 0 Å². The first-order valence-corrected chi connectivity index (χ1v) is 5.68. The molecule has 1 atom stereocenters. The summed E-state index contributed by atoms with van der Waals surface area (Å²) in [6.07, 6.45) is -0.848. The van der Waals surface area contributed by atoms with Crippen molar-refractivity contribution in [1.29, 1.82) is 0 Å². The molecule has 0 radical (unpaired) electrons. The Morgan fingerprint density at radius 2 is 1.85 bits per heavy atom. The van der Waals surface area contributed by atoms with Gasteiger partial charge >= 0.3 is 18.0 Å². The van der Waals surface area contributed by atoms with Gasteiger partial charge in [0, 0.05) is 6.21 Å². The number of ether oxygens (including phenoxy) is 1. The second-order valence-corrected chi connectivity index (χ2v) is 3.86. The molecule has 0 bridgehead atoms. The zero-order valence-corrected chi connectivity index (χ0v) is 10.4. The third kappa shape index (κ3) is 5.76. The number of carboxylic acids is 2. The van der Waals surface area contributed by atoms with Crippen molar-refractivity contribution in [2.45, 2.75) is 13.0 Å². The summed E-state index contributed by atoms with van der Waals surface area (Å²) >= 11 is 0. The SMILES string of the molecule is O=C(O)CC(/C=N/C(=O)OCc1ccccc1)C(=O)O. The minimum atomic E-state index is -1.37. The lowest BCUT2D eigenvalue weighted by Gasteiger charge is -2.03. The Bertz CT molecular complexity index is 511. The zero-order valence-electron chi connectivity index (χ0n) is 10.4. The number of hydrogen-bond donors (Lipinski definition) is 2. The van der Waals surface area contributed by atoms with E-state index >= 15 is 0 Å². The number of nitrogens with zero attached hydrogens (tertiary/aromatic N) is 1. The molecule has 0 spiro atoms. The molecule has 0 fully saturated rings. The van der Waals surface area contributed by atoms with Crippen molar-refractivity contribution in [1.82, 2.24) is 0 Å². The molecule has 1 amide bonds. The first-order valence-electron chi connectivity index (χ1n) is 5.68. The van der Waals surface area contributed by atoms with Gasteiger partial charge in [-0.3, -0.25) is 9.59 Å². The number of aliphatic carboxylic acids is 2. The molecule has 20 heavy (non-hydrogen) atoms. The lowest BCUT2D eigenvalue weighted by Crippen LogP contribution is -2.19. The van der Waals surface area contributed by atoms with Crippen LogP contribution in [0.3, 0.4) is 0 Å². The van der Waals surface area contributed by atoms with Gasteiger partial charge in [-0.15, -0.1) is 0 Å². The number of carbonyl (C=O) groups excluding carboxylic acids is 1. The lowest BCUT2D eigenvalue weighted by atomic mass is 10.1. The smallest absolute Gasteiger partial charge is 0.433 e. The summed E-state index contributed by atoms with van der Waals surface area (Å²) in [5, 5.41) is 17.2. The van der Waals surface area contributed by atoms with Crippen LogP contribution in [-0.4, -0.2) is 34.5 Å². The quantitative estimate of drug-likeness (QED) is 0.764. The van der Waals surface area contributed by atoms with Gasteiger partial charge in [-0.1, -0.05) is 30.3 Å². The maximum Gasteiger partial charge on any atom is 0.433 e. The molecule has 0 aromatic heterocycles. The van der Waals surface area contributed by atoms with Crippen LogP contribution >= 0.6 is 0 Å². The second kappa shape index (κ2) is 7.67. The summed E-state index contributed by atoms with van der Waals surface area (Å²) in [7, 11) is 0. The van der Waals surface area contributed by atoms with Crippen molar-refractivity contribution < 1.29 is 29.3 Å². The van der Waals surface area contributed by atoms with Crippen LogP contribution in [0.5, 0.6) is 0 Å². The monoisotopic (exact) mass is 279 g/mol. The number of rotatable bonds is 6. The fourth-order valence-corrected chi connectivity index (χ4v) is 1.30. The lowest BCUT2D eigenvalue weighted by molar-refractivity contribution is -0.145. The molecule has 0 aliphatic rings. The van der Waals surface area contributed by atoms with Crippen molar-refractivity contribution in [2.24, 2.45) is 10.9 Å². The number of benzene rings is 1. The van der Waals surface area contributed by atoms with Crippen LogP contribution in [0, 0.1) is 5.92 Å². The van der Waals surface area contributed by atoms with E-state index in [-0.39, 0.29) is 6.61 Å². The van der Waals surface area contributed by atoms with Crippen LogP contribution in [0.2, 0.25) is 0 Å². The van der Waals surface area contributed by atoms with Gasteiger partial charge in [-0.2, -0.15) is 4.99 Å². The Morgan fingerprint density at radius 3 is 2.40 bits per heavy atom. The van der Waals surface area contributed by atoms with Gasteiger partial charge in [0.1, 0.15) is 12.5 Å². The van der Waals surface area contributed by atoms with Crippen LogP contribution in [0.25, 0.3) is 0 Å². The second-order valence-electron chi connectivity index (χ2n) is 3.86. The highest BCUT2D eigenvalue weighted by Crippen LogP contribution is 2.03. The Hall–Kier alpha value is -2.70. The van der Waals surface area contributed by atoms with Crippen LogP contribution < -0.4 is 0 Å². The van der Waals surface area contributed by atoms with Crippen molar-refractivity contribution in [3.63, 3.8) is 0 Å². The van der Waals surface area contributed by atoms with Crippen LogP contribution in [0.15, 0.2) is 35.3 Å². The first-order chi connectivity index (χ1) is 9.49. The number of carboxylic acid groups (broad SMARTS) is 2. The number of amides is 1. The third-order valence-electron chi connectivity index (χ3n) is 2.28. The van der Waals surface area contributed by atoms with Gasteiger partial charge in [-0.05, 0) is 5.56 Å². The summed E-state index contributed by atoms with van der Waals surface area (Å²) in [4.78, 5) is 35.7. The molecule has 1 rings (SSSR count). The molecule has 0 heterocycles. The van der Waals surface area contributed by atoms with Gasteiger partial charge < -0.3 is 14.9 Å². The molecule has 0 saturated carbocycles. The largest absolute Gasteiger partial charge is 0.481 e. The van der Waals surface area contributed by atoms with Gasteiger partial charge in [0.05, 0.1) is 6.42 Å². The standard InChI is InChI=1S/C13H13NO6/c15-11(16)6-10(12(17)18)7-14-13(19)20-8-9-4-2-1-3-5-9/h1-5,7,10H,6,8H2,(H,15,16)(H,17,18)/b14-7+. The molecule has 0 saturated heterocycles. The summed E-state index contributed by atoms with van der Waals surface area (Å²) in [5.41, 5.74) is 0.761. The van der Waals surface area contributed by atoms with E-state index in [4.69, 9.17) is 14.9 Å². The third-order valence-corrected chi connectivity index (χ3v) is 2.28. The highest BCUT2D eigenvalue weighted by molar-refractivity contribution is 5.95. The zero-order chi connectivity index (χ0) is 15.0. The molecule has 7 heteroatoms. The molecular formula is C13H13NO6. The predicted octanol–water partition coefficient (Wildman–Crippen LogP) is 1.57. The van der Waals surface area contributed by atoms with E-state index in [2.05, 4.69) is 4.99 Å². The van der Waals surface area contributed by atoms with E-state index < -0.39 is 30.4 Å². The van der Waals surface area contributed by atoms with Gasteiger partial charge in [-0.25, -0.2) is 4.79 Å².